The number of anilines is 1. The number of likely N-dealkylation sites (tertiary alicyclic amines) is 1. The minimum Gasteiger partial charge on any atom is -0.375 e. The zero-order chi connectivity index (χ0) is 19.3. The van der Waals surface area contributed by atoms with Gasteiger partial charge in [-0.25, -0.2) is 4.98 Å². The second-order valence-corrected chi connectivity index (χ2v) is 8.14. The molecule has 144 valence electrons. The number of nitrogen functional groups attached to an aromatic ring is 1. The molecule has 2 heterocycles. The Bertz CT molecular complexity index is 918. The van der Waals surface area contributed by atoms with Gasteiger partial charge in [-0.3, -0.25) is 9.69 Å². The summed E-state index contributed by atoms with van der Waals surface area (Å²) in [5.74, 6) is -0.0745. The lowest BCUT2D eigenvalue weighted by Gasteiger charge is -2.32. The maximum atomic E-state index is 12.9. The number of piperidine rings is 1. The molecule has 3 aromatic rings. The highest BCUT2D eigenvalue weighted by atomic mass is 32.1. The number of aromatic nitrogens is 1. The van der Waals surface area contributed by atoms with E-state index >= 15 is 0 Å². The Kier molecular flexibility index (Phi) is 5.69. The second kappa shape index (κ2) is 8.54. The van der Waals surface area contributed by atoms with Crippen LogP contribution in [0.25, 0.3) is 11.3 Å². The van der Waals surface area contributed by atoms with Crippen molar-refractivity contribution in [3.05, 3.63) is 71.1 Å². The van der Waals surface area contributed by atoms with E-state index in [0.29, 0.717) is 15.7 Å². The summed E-state index contributed by atoms with van der Waals surface area (Å²) < 4.78 is 0. The summed E-state index contributed by atoms with van der Waals surface area (Å²) in [6.45, 7) is 2.93. The van der Waals surface area contributed by atoms with Crippen LogP contribution in [0.2, 0.25) is 0 Å². The number of nitrogens with one attached hydrogen (secondary N) is 1. The van der Waals surface area contributed by atoms with Gasteiger partial charge in [-0.15, -0.1) is 0 Å². The number of hydrogen-bond acceptors (Lipinski definition) is 5. The molecule has 4 rings (SSSR count). The van der Waals surface area contributed by atoms with Gasteiger partial charge in [0.1, 0.15) is 4.88 Å². The summed E-state index contributed by atoms with van der Waals surface area (Å²) in [5, 5.41) is 3.61. The van der Waals surface area contributed by atoms with Gasteiger partial charge >= 0.3 is 0 Å². The van der Waals surface area contributed by atoms with Crippen LogP contribution in [0.5, 0.6) is 0 Å². The molecule has 0 atom stereocenters. The average molecular weight is 393 g/mol. The van der Waals surface area contributed by atoms with Crippen LogP contribution in [0, 0.1) is 0 Å². The number of rotatable bonds is 5. The van der Waals surface area contributed by atoms with E-state index in [1.807, 2.05) is 36.4 Å². The number of nitrogens with two attached hydrogens (primary N) is 1. The molecule has 1 amide bonds. The number of hydrogen-bond donors (Lipinski definition) is 2. The summed E-state index contributed by atoms with van der Waals surface area (Å²) in [4.78, 5) is 20.3. The predicted octanol–water partition coefficient (Wildman–Crippen LogP) is 3.79. The standard InChI is InChI=1S/C22H24N4OS/c23-22-25-19(17-9-5-2-6-10-17)20(28-22)21(27)24-18-11-13-26(14-12-18)15-16-7-3-1-4-8-16/h1-10,18H,11-15H2,(H2,23,25)(H,24,27). The van der Waals surface area contributed by atoms with Crippen LogP contribution in [0.15, 0.2) is 60.7 Å². The molecule has 2 aromatic carbocycles. The van der Waals surface area contributed by atoms with E-state index in [1.165, 1.54) is 16.9 Å². The molecule has 0 bridgehead atoms. The first-order valence-corrected chi connectivity index (χ1v) is 10.4. The van der Waals surface area contributed by atoms with Crippen molar-refractivity contribution in [3.63, 3.8) is 0 Å². The summed E-state index contributed by atoms with van der Waals surface area (Å²) >= 11 is 1.25. The van der Waals surface area contributed by atoms with E-state index in [0.717, 1.165) is 38.0 Å². The SMILES string of the molecule is Nc1nc(-c2ccccc2)c(C(=O)NC2CCN(Cc3ccccc3)CC2)s1. The molecule has 0 spiro atoms. The Morgan fingerprint density at radius 2 is 1.71 bits per heavy atom. The van der Waals surface area contributed by atoms with Gasteiger partial charge in [0.15, 0.2) is 5.13 Å². The molecule has 1 fully saturated rings. The lowest BCUT2D eigenvalue weighted by molar-refractivity contribution is 0.0913. The quantitative estimate of drug-likeness (QED) is 0.693. The first kappa shape index (κ1) is 18.7. The van der Waals surface area contributed by atoms with Gasteiger partial charge in [-0.2, -0.15) is 0 Å². The van der Waals surface area contributed by atoms with Crippen LogP contribution < -0.4 is 11.1 Å². The van der Waals surface area contributed by atoms with Crippen molar-refractivity contribution in [2.75, 3.05) is 18.8 Å². The van der Waals surface area contributed by atoms with Gasteiger partial charge in [0.25, 0.3) is 5.91 Å². The molecule has 5 nitrogen and oxygen atoms in total. The fourth-order valence-corrected chi connectivity index (χ4v) is 4.37. The van der Waals surface area contributed by atoms with Crippen LogP contribution in [0.3, 0.4) is 0 Å². The lowest BCUT2D eigenvalue weighted by Crippen LogP contribution is -2.44. The molecule has 0 radical (unpaired) electrons. The summed E-state index contributed by atoms with van der Waals surface area (Å²) in [7, 11) is 0. The van der Waals surface area contributed by atoms with Crippen LogP contribution in [-0.4, -0.2) is 34.9 Å². The molecule has 28 heavy (non-hydrogen) atoms. The molecule has 0 unspecified atom stereocenters. The summed E-state index contributed by atoms with van der Waals surface area (Å²) in [6, 6.07) is 20.4. The topological polar surface area (TPSA) is 71.2 Å². The number of carbonyl (C=O) groups is 1. The first-order chi connectivity index (χ1) is 13.7. The molecule has 0 saturated carbocycles. The van der Waals surface area contributed by atoms with Crippen LogP contribution in [-0.2, 0) is 6.54 Å². The Labute approximate surface area is 169 Å². The van der Waals surface area contributed by atoms with Crippen molar-refractivity contribution in [3.8, 4) is 11.3 Å². The molecular weight excluding hydrogens is 368 g/mol. The monoisotopic (exact) mass is 392 g/mol. The number of nitrogens with zero attached hydrogens (tertiary/aromatic N) is 2. The molecule has 3 N–H and O–H groups in total. The minimum absolute atomic E-state index is 0.0745. The van der Waals surface area contributed by atoms with Crippen molar-refractivity contribution in [1.29, 1.82) is 0 Å². The Morgan fingerprint density at radius 1 is 1.07 bits per heavy atom. The van der Waals surface area contributed by atoms with Crippen molar-refractivity contribution in [2.24, 2.45) is 0 Å². The molecule has 1 saturated heterocycles. The van der Waals surface area contributed by atoms with E-state index in [9.17, 15) is 4.79 Å². The summed E-state index contributed by atoms with van der Waals surface area (Å²) in [5.41, 5.74) is 8.81. The Hall–Kier alpha value is -2.70. The van der Waals surface area contributed by atoms with E-state index in [4.69, 9.17) is 5.73 Å². The second-order valence-electron chi connectivity index (χ2n) is 7.11. The predicted molar refractivity (Wildman–Crippen MR) is 114 cm³/mol. The van der Waals surface area contributed by atoms with Gasteiger partial charge < -0.3 is 11.1 Å². The molecule has 1 aliphatic rings. The van der Waals surface area contributed by atoms with E-state index < -0.39 is 0 Å². The lowest BCUT2D eigenvalue weighted by atomic mass is 10.0. The normalized spacial score (nSPS) is 15.4. The zero-order valence-corrected chi connectivity index (χ0v) is 16.5. The highest BCUT2D eigenvalue weighted by molar-refractivity contribution is 7.17. The largest absolute Gasteiger partial charge is 0.375 e. The molecule has 1 aliphatic heterocycles. The molecule has 0 aliphatic carbocycles. The van der Waals surface area contributed by atoms with Crippen molar-refractivity contribution in [1.82, 2.24) is 15.2 Å². The first-order valence-electron chi connectivity index (χ1n) is 9.58. The maximum Gasteiger partial charge on any atom is 0.263 e. The van der Waals surface area contributed by atoms with Crippen LogP contribution in [0.1, 0.15) is 28.1 Å². The van der Waals surface area contributed by atoms with Gasteiger partial charge in [0.05, 0.1) is 5.69 Å². The van der Waals surface area contributed by atoms with Gasteiger partial charge in [0, 0.05) is 31.2 Å². The third-order valence-electron chi connectivity index (χ3n) is 5.07. The van der Waals surface area contributed by atoms with Gasteiger partial charge in [0.2, 0.25) is 0 Å². The highest BCUT2D eigenvalue weighted by Crippen LogP contribution is 2.29. The van der Waals surface area contributed by atoms with E-state index in [1.54, 1.807) is 0 Å². The molecule has 1 aromatic heterocycles. The van der Waals surface area contributed by atoms with Gasteiger partial charge in [-0.05, 0) is 18.4 Å². The van der Waals surface area contributed by atoms with Crippen LogP contribution >= 0.6 is 11.3 Å². The Balaban J connectivity index is 1.37. The fraction of sp³-hybridized carbons (Fsp3) is 0.273. The average Bonchev–Trinajstić information content (AvgIpc) is 3.13. The third kappa shape index (κ3) is 4.40. The minimum atomic E-state index is -0.0745. The van der Waals surface area contributed by atoms with E-state index in [-0.39, 0.29) is 11.9 Å². The highest BCUT2D eigenvalue weighted by Gasteiger charge is 2.24. The summed E-state index contributed by atoms with van der Waals surface area (Å²) in [6.07, 6.45) is 1.90. The number of thiazole rings is 1. The number of carbonyl (C=O) groups excluding carboxylic acids is 1. The molecule has 6 heteroatoms. The maximum absolute atomic E-state index is 12.9. The smallest absolute Gasteiger partial charge is 0.263 e. The van der Waals surface area contributed by atoms with Gasteiger partial charge in [-0.1, -0.05) is 72.0 Å². The fourth-order valence-electron chi connectivity index (χ4n) is 3.61. The third-order valence-corrected chi connectivity index (χ3v) is 5.95. The molecular formula is C22H24N4OS. The number of benzene rings is 2. The van der Waals surface area contributed by atoms with Crippen molar-refractivity contribution >= 4 is 22.4 Å². The Morgan fingerprint density at radius 3 is 2.39 bits per heavy atom. The number of amides is 1. The van der Waals surface area contributed by atoms with Crippen molar-refractivity contribution in [2.45, 2.75) is 25.4 Å². The van der Waals surface area contributed by atoms with Crippen LogP contribution in [0.4, 0.5) is 5.13 Å². The van der Waals surface area contributed by atoms with E-state index in [2.05, 4.69) is 39.5 Å². The zero-order valence-electron chi connectivity index (χ0n) is 15.7. The van der Waals surface area contributed by atoms with Crippen molar-refractivity contribution < 1.29 is 4.79 Å².